The molecule has 3 nitrogen and oxygen atoms in total. The zero-order valence-corrected chi connectivity index (χ0v) is 14.3. The number of halogens is 1. The number of sulfonamides is 1. The van der Waals surface area contributed by atoms with E-state index in [2.05, 4.69) is 20.7 Å². The van der Waals surface area contributed by atoms with E-state index < -0.39 is 10.0 Å². The Morgan fingerprint density at radius 2 is 2.00 bits per heavy atom. The maximum Gasteiger partial charge on any atom is 0.240 e. The lowest BCUT2D eigenvalue weighted by atomic mass is 10.0. The van der Waals surface area contributed by atoms with Crippen molar-refractivity contribution >= 4 is 26.0 Å². The van der Waals surface area contributed by atoms with Gasteiger partial charge in [-0.15, -0.1) is 0 Å². The van der Waals surface area contributed by atoms with Gasteiger partial charge < -0.3 is 0 Å². The number of rotatable bonds is 6. The predicted octanol–water partition coefficient (Wildman–Crippen LogP) is 4.01. The molecule has 1 aromatic rings. The second-order valence-corrected chi connectivity index (χ2v) is 8.22. The molecule has 1 aromatic carbocycles. The fourth-order valence-corrected chi connectivity index (χ4v) is 4.17. The maximum absolute atomic E-state index is 12.2. The van der Waals surface area contributed by atoms with Crippen LogP contribution in [0.25, 0.3) is 0 Å². The lowest BCUT2D eigenvalue weighted by molar-refractivity contribution is 0.480. The van der Waals surface area contributed by atoms with Gasteiger partial charge in [0.05, 0.1) is 4.90 Å². The van der Waals surface area contributed by atoms with Gasteiger partial charge in [0.15, 0.2) is 0 Å². The zero-order chi connectivity index (χ0) is 14.6. The normalized spacial score (nSPS) is 16.7. The van der Waals surface area contributed by atoms with Crippen LogP contribution in [0, 0.1) is 12.8 Å². The largest absolute Gasteiger partial charge is 0.240 e. The van der Waals surface area contributed by atoms with Crippen LogP contribution < -0.4 is 4.72 Å². The quantitative estimate of drug-likeness (QED) is 0.780. The molecule has 2 rings (SSSR count). The van der Waals surface area contributed by atoms with Gasteiger partial charge in [0, 0.05) is 11.0 Å². The van der Waals surface area contributed by atoms with Crippen LogP contribution in [0.5, 0.6) is 0 Å². The Kier molecular flexibility index (Phi) is 5.64. The third-order valence-corrected chi connectivity index (χ3v) is 6.34. The number of benzene rings is 1. The van der Waals surface area contributed by atoms with Crippen LogP contribution in [0.3, 0.4) is 0 Å². The summed E-state index contributed by atoms with van der Waals surface area (Å²) in [4.78, 5) is 0.346. The van der Waals surface area contributed by atoms with Crippen LogP contribution in [0.4, 0.5) is 0 Å². The van der Waals surface area contributed by atoms with E-state index in [1.54, 1.807) is 18.2 Å². The summed E-state index contributed by atoms with van der Waals surface area (Å²) in [5.41, 5.74) is 0.929. The summed E-state index contributed by atoms with van der Waals surface area (Å²) in [6.45, 7) is 2.43. The molecule has 0 bridgehead atoms. The lowest BCUT2D eigenvalue weighted by Crippen LogP contribution is -2.25. The molecule has 0 spiro atoms. The van der Waals surface area contributed by atoms with Gasteiger partial charge in [-0.3, -0.25) is 0 Å². The molecule has 1 N–H and O–H groups in total. The van der Waals surface area contributed by atoms with Crippen molar-refractivity contribution in [2.45, 2.75) is 50.3 Å². The Hall–Kier alpha value is -0.390. The molecule has 0 aliphatic heterocycles. The van der Waals surface area contributed by atoms with E-state index in [0.717, 1.165) is 28.8 Å². The van der Waals surface area contributed by atoms with Crippen molar-refractivity contribution < 1.29 is 8.42 Å². The standard InChI is InChI=1S/C15H22BrNO2S/c1-12-11-14(8-9-15(12)16)20(18,19)17-10-4-7-13-5-2-3-6-13/h8-9,11,13,17H,2-7,10H2,1H3. The minimum absolute atomic E-state index is 0.346. The highest BCUT2D eigenvalue weighted by Gasteiger charge is 2.16. The summed E-state index contributed by atoms with van der Waals surface area (Å²) in [7, 11) is -3.37. The molecule has 0 atom stereocenters. The molecule has 1 aliphatic rings. The molecule has 20 heavy (non-hydrogen) atoms. The van der Waals surface area contributed by atoms with Crippen LogP contribution in [-0.4, -0.2) is 15.0 Å². The predicted molar refractivity (Wildman–Crippen MR) is 85.3 cm³/mol. The summed E-state index contributed by atoms with van der Waals surface area (Å²) in [5, 5.41) is 0. The first kappa shape index (κ1) is 16.0. The Bertz CT molecular complexity index is 551. The first-order valence-corrected chi connectivity index (χ1v) is 9.52. The van der Waals surface area contributed by atoms with Crippen molar-refractivity contribution in [3.8, 4) is 0 Å². The van der Waals surface area contributed by atoms with Gasteiger partial charge in [-0.1, -0.05) is 41.6 Å². The van der Waals surface area contributed by atoms with E-state index >= 15 is 0 Å². The van der Waals surface area contributed by atoms with Crippen LogP contribution in [0.1, 0.15) is 44.1 Å². The Morgan fingerprint density at radius 3 is 2.65 bits per heavy atom. The van der Waals surface area contributed by atoms with Gasteiger partial charge in [-0.2, -0.15) is 0 Å². The molecular weight excluding hydrogens is 338 g/mol. The summed E-state index contributed by atoms with van der Waals surface area (Å²) in [6, 6.07) is 5.11. The Morgan fingerprint density at radius 1 is 1.30 bits per heavy atom. The van der Waals surface area contributed by atoms with E-state index in [1.165, 1.54) is 25.7 Å². The van der Waals surface area contributed by atoms with E-state index in [9.17, 15) is 8.42 Å². The third-order valence-electron chi connectivity index (χ3n) is 4.00. The summed E-state index contributed by atoms with van der Waals surface area (Å²) in [6.07, 6.45) is 7.39. The van der Waals surface area contributed by atoms with E-state index in [-0.39, 0.29) is 0 Å². The highest BCUT2D eigenvalue weighted by atomic mass is 79.9. The first-order chi connectivity index (χ1) is 9.49. The van der Waals surface area contributed by atoms with Crippen LogP contribution in [0.2, 0.25) is 0 Å². The molecule has 1 saturated carbocycles. The minimum atomic E-state index is -3.37. The topological polar surface area (TPSA) is 46.2 Å². The first-order valence-electron chi connectivity index (χ1n) is 7.25. The van der Waals surface area contributed by atoms with Crippen molar-refractivity contribution in [3.63, 3.8) is 0 Å². The average Bonchev–Trinajstić information content (AvgIpc) is 2.91. The lowest BCUT2D eigenvalue weighted by Gasteiger charge is -2.10. The van der Waals surface area contributed by atoms with Gasteiger partial charge >= 0.3 is 0 Å². The molecule has 0 heterocycles. The second kappa shape index (κ2) is 7.05. The fraction of sp³-hybridized carbons (Fsp3) is 0.600. The summed E-state index contributed by atoms with van der Waals surface area (Å²) in [5.74, 6) is 0.814. The number of aryl methyl sites for hydroxylation is 1. The van der Waals surface area contributed by atoms with E-state index in [1.807, 2.05) is 6.92 Å². The molecule has 0 saturated heterocycles. The molecule has 1 aliphatic carbocycles. The van der Waals surface area contributed by atoms with Crippen LogP contribution in [0.15, 0.2) is 27.6 Å². The summed E-state index contributed by atoms with van der Waals surface area (Å²) < 4.78 is 28.0. The highest BCUT2D eigenvalue weighted by molar-refractivity contribution is 9.10. The van der Waals surface area contributed by atoms with Crippen molar-refractivity contribution in [2.24, 2.45) is 5.92 Å². The fourth-order valence-electron chi connectivity index (χ4n) is 2.76. The molecule has 1 fully saturated rings. The van der Waals surface area contributed by atoms with Crippen LogP contribution >= 0.6 is 15.9 Å². The van der Waals surface area contributed by atoms with Gasteiger partial charge in [0.2, 0.25) is 10.0 Å². The molecule has 0 unspecified atom stereocenters. The van der Waals surface area contributed by atoms with Gasteiger partial charge in [0.1, 0.15) is 0 Å². The van der Waals surface area contributed by atoms with E-state index in [4.69, 9.17) is 0 Å². The number of hydrogen-bond acceptors (Lipinski definition) is 2. The Labute approximate surface area is 130 Å². The zero-order valence-electron chi connectivity index (χ0n) is 11.9. The minimum Gasteiger partial charge on any atom is -0.211 e. The van der Waals surface area contributed by atoms with Crippen molar-refractivity contribution in [1.29, 1.82) is 0 Å². The monoisotopic (exact) mass is 359 g/mol. The molecule has 0 radical (unpaired) electrons. The summed E-state index contributed by atoms with van der Waals surface area (Å²) >= 11 is 3.38. The molecular formula is C15H22BrNO2S. The third kappa shape index (κ3) is 4.30. The molecule has 0 amide bonds. The molecule has 0 aromatic heterocycles. The van der Waals surface area contributed by atoms with Gasteiger partial charge in [-0.25, -0.2) is 13.1 Å². The molecule has 112 valence electrons. The number of hydrogen-bond donors (Lipinski definition) is 1. The maximum atomic E-state index is 12.2. The van der Waals surface area contributed by atoms with E-state index in [0.29, 0.717) is 11.4 Å². The Balaban J connectivity index is 1.85. The SMILES string of the molecule is Cc1cc(S(=O)(=O)NCCCC2CCCC2)ccc1Br. The number of nitrogens with one attached hydrogen (secondary N) is 1. The second-order valence-electron chi connectivity index (χ2n) is 5.60. The van der Waals surface area contributed by atoms with Crippen molar-refractivity contribution in [2.75, 3.05) is 6.54 Å². The average molecular weight is 360 g/mol. The van der Waals surface area contributed by atoms with Crippen LogP contribution in [-0.2, 0) is 10.0 Å². The van der Waals surface area contributed by atoms with Gasteiger partial charge in [-0.05, 0) is 49.4 Å². The smallest absolute Gasteiger partial charge is 0.211 e. The highest BCUT2D eigenvalue weighted by Crippen LogP contribution is 2.28. The molecule has 5 heteroatoms. The van der Waals surface area contributed by atoms with Crippen molar-refractivity contribution in [3.05, 3.63) is 28.2 Å². The van der Waals surface area contributed by atoms with Crippen molar-refractivity contribution in [1.82, 2.24) is 4.72 Å². The van der Waals surface area contributed by atoms with Gasteiger partial charge in [0.25, 0.3) is 0 Å².